The molecule has 0 radical (unpaired) electrons. The van der Waals surface area contributed by atoms with Gasteiger partial charge >= 0.3 is 12.1 Å². The number of amides is 4. The van der Waals surface area contributed by atoms with Crippen molar-refractivity contribution in [2.24, 2.45) is 23.2 Å². The number of rotatable bonds is 9. The average molecular weight is 570 g/mol. The summed E-state index contributed by atoms with van der Waals surface area (Å²) in [5, 5.41) is 17.0. The first-order chi connectivity index (χ1) is 18.6. The van der Waals surface area contributed by atoms with Crippen LogP contribution in [0.5, 0.6) is 0 Å². The average Bonchev–Trinajstić information content (AvgIpc) is 3.18. The molecule has 2 aliphatic carbocycles. The van der Waals surface area contributed by atoms with Crippen LogP contribution in [0.4, 0.5) is 13.2 Å². The Hall–Kier alpha value is -2.88. The summed E-state index contributed by atoms with van der Waals surface area (Å²) >= 11 is 0. The van der Waals surface area contributed by atoms with E-state index in [1.54, 1.807) is 6.92 Å². The van der Waals surface area contributed by atoms with Crippen LogP contribution in [0.25, 0.3) is 0 Å². The summed E-state index contributed by atoms with van der Waals surface area (Å²) in [5.74, 6) is -4.66. The third-order valence-electron chi connectivity index (χ3n) is 9.31. The fourth-order valence-electron chi connectivity index (χ4n) is 6.65. The van der Waals surface area contributed by atoms with Gasteiger partial charge in [0.2, 0.25) is 17.7 Å². The van der Waals surface area contributed by atoms with E-state index in [2.05, 4.69) is 10.6 Å². The molecule has 10 nitrogen and oxygen atoms in total. The fraction of sp³-hybridized carbons (Fsp3) is 0.815. The first-order valence-corrected chi connectivity index (χ1v) is 13.9. The number of nitrogens with zero attached hydrogens (tertiary/aromatic N) is 2. The molecule has 0 aromatic rings. The molecule has 0 spiro atoms. The Morgan fingerprint density at radius 1 is 1.20 bits per heavy atom. The molecule has 40 heavy (non-hydrogen) atoms. The Kier molecular flexibility index (Phi) is 8.15. The van der Waals surface area contributed by atoms with Gasteiger partial charge in [-0.15, -0.1) is 0 Å². The van der Waals surface area contributed by atoms with Crippen LogP contribution >= 0.6 is 0 Å². The Bertz CT molecular complexity index is 1090. The number of nitrogens with one attached hydrogen (secondary N) is 3. The second-order valence-corrected chi connectivity index (χ2v) is 12.5. The minimum absolute atomic E-state index is 0.0730. The van der Waals surface area contributed by atoms with Gasteiger partial charge in [0.05, 0.1) is 17.8 Å². The van der Waals surface area contributed by atoms with Crippen molar-refractivity contribution in [3.63, 3.8) is 0 Å². The summed E-state index contributed by atoms with van der Waals surface area (Å²) in [5.41, 5.74) is -0.908. The molecule has 0 bridgehead atoms. The lowest BCUT2D eigenvalue weighted by molar-refractivity contribution is -0.180. The van der Waals surface area contributed by atoms with E-state index in [0.717, 1.165) is 12.8 Å². The van der Waals surface area contributed by atoms with Gasteiger partial charge in [0, 0.05) is 19.0 Å². The van der Waals surface area contributed by atoms with Crippen molar-refractivity contribution >= 4 is 23.6 Å². The van der Waals surface area contributed by atoms with E-state index < -0.39 is 59.6 Å². The van der Waals surface area contributed by atoms with Gasteiger partial charge in [-0.1, -0.05) is 13.8 Å². The minimum atomic E-state index is -5.21. The highest BCUT2D eigenvalue weighted by molar-refractivity contribution is 5.95. The number of halogens is 3. The van der Waals surface area contributed by atoms with Crippen molar-refractivity contribution in [1.29, 1.82) is 5.26 Å². The zero-order chi connectivity index (χ0) is 29.6. The summed E-state index contributed by atoms with van der Waals surface area (Å²) in [4.78, 5) is 52.7. The van der Waals surface area contributed by atoms with Crippen molar-refractivity contribution in [3.05, 3.63) is 0 Å². The highest BCUT2D eigenvalue weighted by Crippen LogP contribution is 2.65. The summed E-state index contributed by atoms with van der Waals surface area (Å²) < 4.78 is 45.6. The van der Waals surface area contributed by atoms with Crippen molar-refractivity contribution in [3.8, 4) is 6.07 Å². The fourth-order valence-corrected chi connectivity index (χ4v) is 6.65. The number of alkyl halides is 3. The second-order valence-electron chi connectivity index (χ2n) is 12.5. The molecule has 2 saturated heterocycles. The number of nitriles is 1. The maximum Gasteiger partial charge on any atom is 0.471 e. The van der Waals surface area contributed by atoms with Crippen LogP contribution < -0.4 is 16.0 Å². The molecule has 0 unspecified atom stereocenters. The molecule has 0 aromatic heterocycles. The number of carbonyl (C=O) groups excluding carboxylic acids is 4. The molecule has 13 heteroatoms. The summed E-state index contributed by atoms with van der Waals surface area (Å²) in [6, 6.07) is -1.67. The zero-order valence-electron chi connectivity index (χ0n) is 23.3. The van der Waals surface area contributed by atoms with E-state index in [4.69, 9.17) is 4.74 Å². The molecule has 2 saturated carbocycles. The number of likely N-dealkylation sites (tertiary alicyclic amines) is 1. The van der Waals surface area contributed by atoms with Crippen LogP contribution in [0.2, 0.25) is 0 Å². The second kappa shape index (κ2) is 10.8. The Labute approximate surface area is 231 Å². The summed E-state index contributed by atoms with van der Waals surface area (Å²) in [6.07, 6.45) is -2.62. The molecule has 4 amide bonds. The van der Waals surface area contributed by atoms with Gasteiger partial charge in [0.25, 0.3) is 0 Å². The molecule has 0 aromatic carbocycles. The highest BCUT2D eigenvalue weighted by atomic mass is 19.4. The van der Waals surface area contributed by atoms with Gasteiger partial charge in [-0.25, -0.2) is 0 Å². The van der Waals surface area contributed by atoms with E-state index in [1.165, 1.54) is 11.8 Å². The van der Waals surface area contributed by atoms with Crippen molar-refractivity contribution in [2.75, 3.05) is 13.1 Å². The largest absolute Gasteiger partial charge is 0.471 e. The normalized spacial score (nSPS) is 30.4. The topological polar surface area (TPSA) is 141 Å². The van der Waals surface area contributed by atoms with E-state index in [9.17, 15) is 37.6 Å². The maximum absolute atomic E-state index is 13.8. The predicted molar refractivity (Wildman–Crippen MR) is 135 cm³/mol. The molecule has 2 aliphatic heterocycles. The first-order valence-electron chi connectivity index (χ1n) is 13.9. The van der Waals surface area contributed by atoms with E-state index >= 15 is 0 Å². The number of hydrogen-bond donors (Lipinski definition) is 3. The van der Waals surface area contributed by atoms with Gasteiger partial charge in [0.1, 0.15) is 18.1 Å². The third-order valence-corrected chi connectivity index (χ3v) is 9.31. The van der Waals surface area contributed by atoms with Gasteiger partial charge in [-0.2, -0.15) is 18.4 Å². The molecule has 4 fully saturated rings. The smallest absolute Gasteiger partial charge is 0.370 e. The van der Waals surface area contributed by atoms with Gasteiger partial charge in [0.15, 0.2) is 0 Å². The Balaban J connectivity index is 1.53. The maximum atomic E-state index is 13.8. The van der Waals surface area contributed by atoms with Crippen LogP contribution in [0.1, 0.15) is 66.2 Å². The molecule has 4 aliphatic rings. The highest BCUT2D eigenvalue weighted by Gasteiger charge is 2.70. The van der Waals surface area contributed by atoms with Crippen molar-refractivity contribution in [2.45, 2.75) is 102 Å². The molecular formula is C27H38F3N5O5. The van der Waals surface area contributed by atoms with Crippen molar-refractivity contribution in [1.82, 2.24) is 20.9 Å². The number of hydrogen-bond acceptors (Lipinski definition) is 6. The molecule has 3 N–H and O–H groups in total. The molecule has 2 heterocycles. The first kappa shape index (κ1) is 30.1. The monoisotopic (exact) mass is 569 g/mol. The number of ether oxygens (including phenoxy) is 1. The predicted octanol–water partition coefficient (Wildman–Crippen LogP) is 1.79. The van der Waals surface area contributed by atoms with Gasteiger partial charge in [-0.05, 0) is 69.6 Å². The Morgan fingerprint density at radius 3 is 2.42 bits per heavy atom. The molecule has 222 valence electrons. The lowest BCUT2D eigenvalue weighted by Crippen LogP contribution is -2.61. The third kappa shape index (κ3) is 5.92. The van der Waals surface area contributed by atoms with Crippen LogP contribution in [-0.2, 0) is 23.9 Å². The summed E-state index contributed by atoms with van der Waals surface area (Å²) in [6.45, 7) is 7.83. The Morgan fingerprint density at radius 2 is 1.88 bits per heavy atom. The molecular weight excluding hydrogens is 531 g/mol. The van der Waals surface area contributed by atoms with Gasteiger partial charge in [-0.3, -0.25) is 19.2 Å². The minimum Gasteiger partial charge on any atom is -0.370 e. The van der Waals surface area contributed by atoms with Crippen molar-refractivity contribution < 1.29 is 37.1 Å². The molecule has 7 atom stereocenters. The van der Waals surface area contributed by atoms with Crippen LogP contribution in [0.15, 0.2) is 0 Å². The number of piperidine rings is 2. The molecule has 4 rings (SSSR count). The lowest BCUT2D eigenvalue weighted by atomic mass is 9.81. The van der Waals surface area contributed by atoms with Crippen LogP contribution in [0.3, 0.4) is 0 Å². The van der Waals surface area contributed by atoms with Crippen LogP contribution in [-0.4, -0.2) is 77.6 Å². The standard InChI is InChI=1S/C27H38F3N5O5/c1-14(40-26(4)8-6-9-26)19(34-24(39)27(28,29)30)23(38)35-13-17-18(25(17,2)3)20(35)22(37)33-16(12-31)11-15-7-5-10-32-21(15)36/h14-20H,5-11,13H2,1-4H3,(H,32,36)(H,33,37)(H,34,39)/t14-,15+,16+,17+,18+,19+,20+/m1/s1. The SMILES string of the molecule is C[C@@H](OC1(C)CCC1)[C@H](NC(=O)C(F)(F)F)C(=O)N1C[C@H]2[C@@H]([C@H]1C(=O)N[C@H](C#N)C[C@@H]1CCCNC1=O)C2(C)C. The quantitative estimate of drug-likeness (QED) is 0.387. The number of carbonyl (C=O) groups is 4. The lowest BCUT2D eigenvalue weighted by Gasteiger charge is -2.43. The van der Waals surface area contributed by atoms with Crippen LogP contribution in [0, 0.1) is 34.5 Å². The van der Waals surface area contributed by atoms with E-state index in [1.807, 2.05) is 25.2 Å². The summed E-state index contributed by atoms with van der Waals surface area (Å²) in [7, 11) is 0. The van der Waals surface area contributed by atoms with E-state index in [0.29, 0.717) is 25.8 Å². The van der Waals surface area contributed by atoms with Gasteiger partial charge < -0.3 is 25.6 Å². The van der Waals surface area contributed by atoms with E-state index in [-0.39, 0.29) is 36.1 Å². The number of fused-ring (bicyclic) bond motifs is 1. The zero-order valence-corrected chi connectivity index (χ0v) is 23.3.